The summed E-state index contributed by atoms with van der Waals surface area (Å²) in [7, 11) is 0. The van der Waals surface area contributed by atoms with Crippen molar-refractivity contribution in [3.63, 3.8) is 0 Å². The van der Waals surface area contributed by atoms with Crippen LogP contribution in [0.15, 0.2) is 36.4 Å². The third-order valence-corrected chi connectivity index (χ3v) is 4.81. The fraction of sp³-hybridized carbons (Fsp3) is 0.333. The van der Waals surface area contributed by atoms with Crippen molar-refractivity contribution in [1.29, 1.82) is 0 Å². The maximum atomic E-state index is 12.5. The predicted molar refractivity (Wildman–Crippen MR) is 71.7 cm³/mol. The van der Waals surface area contributed by atoms with E-state index in [0.717, 1.165) is 6.42 Å². The Balaban J connectivity index is 1.74. The summed E-state index contributed by atoms with van der Waals surface area (Å²) in [6.45, 7) is 0. The quantitative estimate of drug-likeness (QED) is 0.583. The molecule has 2 fully saturated rings. The van der Waals surface area contributed by atoms with Crippen LogP contribution in [0.1, 0.15) is 6.42 Å². The molecule has 2 bridgehead atoms. The molecule has 0 N–H and O–H groups in total. The second-order valence-corrected chi connectivity index (χ2v) is 5.92. The Kier molecular flexibility index (Phi) is 2.19. The number of anilines is 1. The highest BCUT2D eigenvalue weighted by Gasteiger charge is 2.59. The number of carbonyl (C=O) groups excluding carboxylic acids is 2. The van der Waals surface area contributed by atoms with Gasteiger partial charge in [0.25, 0.3) is 0 Å². The molecule has 0 spiro atoms. The number of imide groups is 1. The van der Waals surface area contributed by atoms with E-state index in [1.807, 2.05) is 0 Å². The molecular weight excluding hydrogens is 262 g/mol. The van der Waals surface area contributed by atoms with Crippen LogP contribution in [0.2, 0.25) is 5.02 Å². The number of benzene rings is 1. The molecular formula is C15H12ClNO2. The van der Waals surface area contributed by atoms with E-state index in [4.69, 9.17) is 11.6 Å². The van der Waals surface area contributed by atoms with Crippen LogP contribution in [0.4, 0.5) is 5.69 Å². The smallest absolute Gasteiger partial charge is 0.238 e. The van der Waals surface area contributed by atoms with E-state index in [1.165, 1.54) is 4.90 Å². The zero-order valence-electron chi connectivity index (χ0n) is 10.1. The number of hydrogen-bond donors (Lipinski definition) is 0. The topological polar surface area (TPSA) is 37.4 Å². The third kappa shape index (κ3) is 1.39. The normalized spacial score (nSPS) is 35.3. The molecule has 1 heterocycles. The molecule has 19 heavy (non-hydrogen) atoms. The lowest BCUT2D eigenvalue weighted by atomic mass is 9.85. The molecule has 2 amide bonds. The number of fused-ring (bicyclic) bond motifs is 5. The minimum absolute atomic E-state index is 0.0471. The number of carbonyl (C=O) groups is 2. The fourth-order valence-electron chi connectivity index (χ4n) is 3.75. The standard InChI is InChI=1S/C15H12ClNO2/c16-10-3-5-11(6-4-10)17-14(18)12-8-1-2-9(7-8)13(12)15(17)19/h1-6,8-9,12-13H,7H2/t8-,9-,12+,13+/m0/s1. The Morgan fingerprint density at radius 2 is 1.47 bits per heavy atom. The minimum atomic E-state index is -0.141. The van der Waals surface area contributed by atoms with Gasteiger partial charge in [0.15, 0.2) is 0 Å². The van der Waals surface area contributed by atoms with Crippen molar-refractivity contribution in [3.8, 4) is 0 Å². The molecule has 3 aliphatic rings. The van der Waals surface area contributed by atoms with Crippen molar-refractivity contribution in [1.82, 2.24) is 0 Å². The Bertz CT molecular complexity index is 577. The third-order valence-electron chi connectivity index (χ3n) is 4.56. The summed E-state index contributed by atoms with van der Waals surface area (Å²) in [6, 6.07) is 6.87. The highest BCUT2D eigenvalue weighted by Crippen LogP contribution is 2.53. The van der Waals surface area contributed by atoms with Crippen LogP contribution in [0.5, 0.6) is 0 Å². The maximum absolute atomic E-state index is 12.5. The lowest BCUT2D eigenvalue weighted by Gasteiger charge is -2.17. The van der Waals surface area contributed by atoms with Gasteiger partial charge in [-0.3, -0.25) is 14.5 Å². The van der Waals surface area contributed by atoms with Crippen LogP contribution in [-0.4, -0.2) is 11.8 Å². The van der Waals surface area contributed by atoms with Crippen molar-refractivity contribution in [3.05, 3.63) is 41.4 Å². The first kappa shape index (κ1) is 11.2. The van der Waals surface area contributed by atoms with Gasteiger partial charge in [-0.2, -0.15) is 0 Å². The predicted octanol–water partition coefficient (Wildman–Crippen LogP) is 2.65. The van der Waals surface area contributed by atoms with Gasteiger partial charge < -0.3 is 0 Å². The van der Waals surface area contributed by atoms with Crippen LogP contribution >= 0.6 is 11.6 Å². The first-order chi connectivity index (χ1) is 9.16. The summed E-state index contributed by atoms with van der Waals surface area (Å²) < 4.78 is 0. The van der Waals surface area contributed by atoms with E-state index >= 15 is 0 Å². The highest BCUT2D eigenvalue weighted by molar-refractivity contribution is 6.30. The number of halogens is 1. The van der Waals surface area contributed by atoms with Crippen LogP contribution in [0.25, 0.3) is 0 Å². The van der Waals surface area contributed by atoms with Gasteiger partial charge in [0.2, 0.25) is 11.8 Å². The Labute approximate surface area is 115 Å². The summed E-state index contributed by atoms with van der Waals surface area (Å²) in [5.41, 5.74) is 0.633. The van der Waals surface area contributed by atoms with Gasteiger partial charge in [-0.1, -0.05) is 23.8 Å². The molecule has 1 saturated carbocycles. The zero-order chi connectivity index (χ0) is 13.1. The summed E-state index contributed by atoms with van der Waals surface area (Å²) in [6.07, 6.45) is 5.16. The average Bonchev–Trinajstić information content (AvgIpc) is 3.06. The van der Waals surface area contributed by atoms with Crippen LogP contribution in [0.3, 0.4) is 0 Å². The summed E-state index contributed by atoms with van der Waals surface area (Å²) >= 11 is 5.84. The van der Waals surface area contributed by atoms with Crippen LogP contribution < -0.4 is 4.90 Å². The van der Waals surface area contributed by atoms with Crippen molar-refractivity contribution < 1.29 is 9.59 Å². The van der Waals surface area contributed by atoms with Gasteiger partial charge >= 0.3 is 0 Å². The van der Waals surface area contributed by atoms with Gasteiger partial charge in [0.05, 0.1) is 17.5 Å². The van der Waals surface area contributed by atoms with E-state index in [2.05, 4.69) is 12.2 Å². The fourth-order valence-corrected chi connectivity index (χ4v) is 3.87. The van der Waals surface area contributed by atoms with Gasteiger partial charge in [-0.05, 0) is 42.5 Å². The van der Waals surface area contributed by atoms with Crippen molar-refractivity contribution in [2.45, 2.75) is 6.42 Å². The van der Waals surface area contributed by atoms with E-state index in [9.17, 15) is 9.59 Å². The van der Waals surface area contributed by atoms with Gasteiger partial charge in [-0.15, -0.1) is 0 Å². The van der Waals surface area contributed by atoms with E-state index in [0.29, 0.717) is 10.7 Å². The van der Waals surface area contributed by atoms with E-state index in [-0.39, 0.29) is 35.5 Å². The van der Waals surface area contributed by atoms with Crippen molar-refractivity contribution >= 4 is 29.1 Å². The number of rotatable bonds is 1. The molecule has 0 radical (unpaired) electrons. The van der Waals surface area contributed by atoms with Gasteiger partial charge in [0.1, 0.15) is 0 Å². The summed E-state index contributed by atoms with van der Waals surface area (Å²) in [5, 5.41) is 0.602. The molecule has 3 nitrogen and oxygen atoms in total. The number of allylic oxidation sites excluding steroid dienone is 2. The second kappa shape index (κ2) is 3.70. The Hall–Kier alpha value is -1.61. The summed E-state index contributed by atoms with van der Waals surface area (Å²) in [4.78, 5) is 26.4. The SMILES string of the molecule is O=C1[C@H]2[C@H](C(=O)N1c1ccc(Cl)cc1)[C@H]1C=C[C@H]2C1. The Morgan fingerprint density at radius 1 is 0.947 bits per heavy atom. The molecule has 0 aromatic heterocycles. The number of hydrogen-bond acceptors (Lipinski definition) is 2. The second-order valence-electron chi connectivity index (χ2n) is 5.49. The first-order valence-corrected chi connectivity index (χ1v) is 6.86. The van der Waals surface area contributed by atoms with Crippen LogP contribution in [0, 0.1) is 23.7 Å². The van der Waals surface area contributed by atoms with Crippen molar-refractivity contribution in [2.24, 2.45) is 23.7 Å². The maximum Gasteiger partial charge on any atom is 0.238 e. The van der Waals surface area contributed by atoms with E-state index in [1.54, 1.807) is 24.3 Å². The lowest BCUT2D eigenvalue weighted by molar-refractivity contribution is -0.123. The molecule has 1 aromatic carbocycles. The largest absolute Gasteiger partial charge is 0.274 e. The molecule has 2 aliphatic carbocycles. The molecule has 1 aromatic rings. The average molecular weight is 274 g/mol. The van der Waals surface area contributed by atoms with Gasteiger partial charge in [0, 0.05) is 5.02 Å². The minimum Gasteiger partial charge on any atom is -0.274 e. The molecule has 1 aliphatic heterocycles. The molecule has 1 saturated heterocycles. The number of amides is 2. The molecule has 96 valence electrons. The number of nitrogens with zero attached hydrogens (tertiary/aromatic N) is 1. The van der Waals surface area contributed by atoms with Crippen LogP contribution in [-0.2, 0) is 9.59 Å². The molecule has 4 heteroatoms. The molecule has 0 unspecified atom stereocenters. The molecule has 4 atom stereocenters. The lowest BCUT2D eigenvalue weighted by Crippen LogP contribution is -2.32. The summed E-state index contributed by atoms with van der Waals surface area (Å²) in [5.74, 6) is 0.132. The van der Waals surface area contributed by atoms with Crippen molar-refractivity contribution in [2.75, 3.05) is 4.90 Å². The first-order valence-electron chi connectivity index (χ1n) is 6.48. The Morgan fingerprint density at radius 3 is 2.00 bits per heavy atom. The van der Waals surface area contributed by atoms with Gasteiger partial charge in [-0.25, -0.2) is 0 Å². The van der Waals surface area contributed by atoms with E-state index < -0.39 is 0 Å². The molecule has 4 rings (SSSR count). The highest BCUT2D eigenvalue weighted by atomic mass is 35.5. The zero-order valence-corrected chi connectivity index (χ0v) is 10.9. The monoisotopic (exact) mass is 273 g/mol.